The van der Waals surface area contributed by atoms with Crippen LogP contribution < -0.4 is 0 Å². The van der Waals surface area contributed by atoms with Gasteiger partial charge in [0.2, 0.25) is 0 Å². The van der Waals surface area contributed by atoms with Crippen molar-refractivity contribution in [1.29, 1.82) is 0 Å². The van der Waals surface area contributed by atoms with Crippen LogP contribution in [0.3, 0.4) is 0 Å². The van der Waals surface area contributed by atoms with Gasteiger partial charge in [0.1, 0.15) is 0 Å². The molecule has 19 heavy (non-hydrogen) atoms. The van der Waals surface area contributed by atoms with E-state index in [-0.39, 0.29) is 18.4 Å². The fourth-order valence-corrected chi connectivity index (χ4v) is 1.66. The molecule has 0 aliphatic carbocycles. The normalized spacial score (nSPS) is 12.1. The van der Waals surface area contributed by atoms with E-state index in [0.29, 0.717) is 6.42 Å². The standard InChI is InChI=1S/C15H18O4/c1-18-14(16)10-6-9-13(15(17)19-2)11-12-7-4-3-5-8-12/h3-9,13H,10-11H2,1-2H3. The first-order valence-corrected chi connectivity index (χ1v) is 6.02. The maximum atomic E-state index is 11.7. The van der Waals surface area contributed by atoms with Crippen LogP contribution in [-0.4, -0.2) is 26.2 Å². The smallest absolute Gasteiger partial charge is 0.312 e. The van der Waals surface area contributed by atoms with E-state index in [1.165, 1.54) is 14.2 Å². The van der Waals surface area contributed by atoms with Crippen LogP contribution in [0.1, 0.15) is 12.0 Å². The molecule has 1 unspecified atom stereocenters. The molecule has 0 aliphatic heterocycles. The minimum atomic E-state index is -0.392. The van der Waals surface area contributed by atoms with Crippen molar-refractivity contribution < 1.29 is 19.1 Å². The highest BCUT2D eigenvalue weighted by Gasteiger charge is 2.16. The molecule has 0 radical (unpaired) electrons. The van der Waals surface area contributed by atoms with E-state index in [0.717, 1.165) is 5.56 Å². The van der Waals surface area contributed by atoms with Crippen LogP contribution in [0.15, 0.2) is 42.5 Å². The molecule has 0 amide bonds. The lowest BCUT2D eigenvalue weighted by atomic mass is 9.98. The molecule has 1 aromatic carbocycles. The zero-order valence-electron chi connectivity index (χ0n) is 11.2. The summed E-state index contributed by atoms with van der Waals surface area (Å²) in [6.45, 7) is 0. The summed E-state index contributed by atoms with van der Waals surface area (Å²) in [6, 6.07) is 9.65. The Morgan fingerprint density at radius 3 is 2.42 bits per heavy atom. The maximum absolute atomic E-state index is 11.7. The van der Waals surface area contributed by atoms with Crippen LogP contribution in [-0.2, 0) is 25.5 Å². The first kappa shape index (κ1) is 15.0. The summed E-state index contributed by atoms with van der Waals surface area (Å²) in [5.74, 6) is -1.04. The fraction of sp³-hybridized carbons (Fsp3) is 0.333. The van der Waals surface area contributed by atoms with Crippen LogP contribution >= 0.6 is 0 Å². The predicted octanol–water partition coefficient (Wildman–Crippen LogP) is 2.14. The average Bonchev–Trinajstić information content (AvgIpc) is 2.46. The molecule has 0 fully saturated rings. The van der Waals surface area contributed by atoms with Gasteiger partial charge in [-0.15, -0.1) is 0 Å². The van der Waals surface area contributed by atoms with E-state index >= 15 is 0 Å². The number of hydrogen-bond acceptors (Lipinski definition) is 4. The molecule has 102 valence electrons. The zero-order chi connectivity index (χ0) is 14.1. The monoisotopic (exact) mass is 262 g/mol. The topological polar surface area (TPSA) is 52.6 Å². The molecule has 1 rings (SSSR count). The highest BCUT2D eigenvalue weighted by molar-refractivity contribution is 5.75. The molecule has 4 nitrogen and oxygen atoms in total. The molecule has 0 saturated carbocycles. The van der Waals surface area contributed by atoms with Crippen molar-refractivity contribution in [3.63, 3.8) is 0 Å². The first-order chi connectivity index (χ1) is 9.17. The molecular weight excluding hydrogens is 244 g/mol. The molecule has 1 atom stereocenters. The quantitative estimate of drug-likeness (QED) is 0.582. The van der Waals surface area contributed by atoms with Gasteiger partial charge in [-0.2, -0.15) is 0 Å². The van der Waals surface area contributed by atoms with Gasteiger partial charge in [0.15, 0.2) is 0 Å². The van der Waals surface area contributed by atoms with E-state index < -0.39 is 5.92 Å². The Balaban J connectivity index is 2.67. The van der Waals surface area contributed by atoms with Crippen LogP contribution in [0.4, 0.5) is 0 Å². The Kier molecular flexibility index (Phi) is 6.36. The van der Waals surface area contributed by atoms with Gasteiger partial charge in [-0.3, -0.25) is 9.59 Å². The van der Waals surface area contributed by atoms with Crippen LogP contribution in [0.5, 0.6) is 0 Å². The Hall–Kier alpha value is -2.10. The lowest BCUT2D eigenvalue weighted by Gasteiger charge is -2.10. The van der Waals surface area contributed by atoms with Crippen LogP contribution in [0.25, 0.3) is 0 Å². The van der Waals surface area contributed by atoms with Gasteiger partial charge >= 0.3 is 11.9 Å². The fourth-order valence-electron chi connectivity index (χ4n) is 1.66. The summed E-state index contributed by atoms with van der Waals surface area (Å²) in [4.78, 5) is 22.7. The zero-order valence-corrected chi connectivity index (χ0v) is 11.2. The summed E-state index contributed by atoms with van der Waals surface area (Å²) >= 11 is 0. The number of hydrogen-bond donors (Lipinski definition) is 0. The summed E-state index contributed by atoms with van der Waals surface area (Å²) < 4.78 is 9.29. The lowest BCUT2D eigenvalue weighted by molar-refractivity contribution is -0.144. The van der Waals surface area contributed by atoms with Crippen molar-refractivity contribution in [3.8, 4) is 0 Å². The van der Waals surface area contributed by atoms with Gasteiger partial charge in [-0.25, -0.2) is 0 Å². The van der Waals surface area contributed by atoms with E-state index in [1.54, 1.807) is 12.2 Å². The third-order valence-electron chi connectivity index (χ3n) is 2.68. The van der Waals surface area contributed by atoms with E-state index in [9.17, 15) is 9.59 Å². The van der Waals surface area contributed by atoms with Gasteiger partial charge in [0, 0.05) is 0 Å². The van der Waals surface area contributed by atoms with Crippen molar-refractivity contribution in [2.24, 2.45) is 5.92 Å². The second-order valence-electron chi connectivity index (χ2n) is 4.03. The van der Waals surface area contributed by atoms with Crippen LogP contribution in [0, 0.1) is 5.92 Å². The summed E-state index contributed by atoms with van der Waals surface area (Å²) in [6.07, 6.45) is 4.02. The Bertz CT molecular complexity index is 437. The molecule has 4 heteroatoms. The molecule has 0 bridgehead atoms. The van der Waals surface area contributed by atoms with Crippen molar-refractivity contribution in [3.05, 3.63) is 48.0 Å². The van der Waals surface area contributed by atoms with E-state index in [1.807, 2.05) is 30.3 Å². The van der Waals surface area contributed by atoms with Crippen LogP contribution in [0.2, 0.25) is 0 Å². The molecule has 0 aromatic heterocycles. The van der Waals surface area contributed by atoms with Gasteiger partial charge < -0.3 is 9.47 Å². The number of rotatable bonds is 6. The van der Waals surface area contributed by atoms with E-state index in [4.69, 9.17) is 4.74 Å². The van der Waals surface area contributed by atoms with Crippen molar-refractivity contribution in [2.75, 3.05) is 14.2 Å². The number of benzene rings is 1. The lowest BCUT2D eigenvalue weighted by Crippen LogP contribution is -2.16. The van der Waals surface area contributed by atoms with Gasteiger partial charge in [0.05, 0.1) is 26.6 Å². The molecule has 1 aromatic rings. The molecular formula is C15H18O4. The number of esters is 2. The largest absolute Gasteiger partial charge is 0.469 e. The molecule has 0 saturated heterocycles. The van der Waals surface area contributed by atoms with Crippen molar-refractivity contribution in [1.82, 2.24) is 0 Å². The van der Waals surface area contributed by atoms with Gasteiger partial charge in [0.25, 0.3) is 0 Å². The minimum Gasteiger partial charge on any atom is -0.469 e. The molecule has 0 aliphatic rings. The SMILES string of the molecule is COC(=O)CC=CC(Cc1ccccc1)C(=O)OC. The highest BCUT2D eigenvalue weighted by Crippen LogP contribution is 2.12. The second kappa shape index (κ2) is 8.08. The summed E-state index contributed by atoms with van der Waals surface area (Å²) in [5, 5.41) is 0. The molecule has 0 spiro atoms. The number of ether oxygens (including phenoxy) is 2. The maximum Gasteiger partial charge on any atom is 0.312 e. The predicted molar refractivity (Wildman–Crippen MR) is 71.4 cm³/mol. The second-order valence-corrected chi connectivity index (χ2v) is 4.03. The highest BCUT2D eigenvalue weighted by atomic mass is 16.5. The number of carbonyl (C=O) groups excluding carboxylic acids is 2. The Morgan fingerprint density at radius 1 is 1.16 bits per heavy atom. The summed E-state index contributed by atoms with van der Waals surface area (Å²) in [5.41, 5.74) is 1.04. The number of carbonyl (C=O) groups is 2. The third-order valence-corrected chi connectivity index (χ3v) is 2.68. The van der Waals surface area contributed by atoms with Crippen molar-refractivity contribution >= 4 is 11.9 Å². The summed E-state index contributed by atoms with van der Waals surface area (Å²) in [7, 11) is 2.69. The van der Waals surface area contributed by atoms with Gasteiger partial charge in [-0.05, 0) is 12.0 Å². The molecule has 0 heterocycles. The first-order valence-electron chi connectivity index (χ1n) is 6.02. The molecule has 0 N–H and O–H groups in total. The van der Waals surface area contributed by atoms with E-state index in [2.05, 4.69) is 4.74 Å². The Morgan fingerprint density at radius 2 is 1.84 bits per heavy atom. The minimum absolute atomic E-state index is 0.152. The number of methoxy groups -OCH3 is 2. The Labute approximate surface area is 113 Å². The average molecular weight is 262 g/mol. The third kappa shape index (κ3) is 5.38. The van der Waals surface area contributed by atoms with Gasteiger partial charge in [-0.1, -0.05) is 42.5 Å². The van der Waals surface area contributed by atoms with Crippen molar-refractivity contribution in [2.45, 2.75) is 12.8 Å².